The predicted octanol–water partition coefficient (Wildman–Crippen LogP) is 1.76. The lowest BCUT2D eigenvalue weighted by molar-refractivity contribution is 0.482. The van der Waals surface area contributed by atoms with Crippen LogP contribution < -0.4 is 5.32 Å². The fourth-order valence-electron chi connectivity index (χ4n) is 1.17. The van der Waals surface area contributed by atoms with Crippen molar-refractivity contribution in [3.8, 4) is 0 Å². The van der Waals surface area contributed by atoms with E-state index in [0.29, 0.717) is 5.92 Å². The molecule has 0 atom stereocenters. The van der Waals surface area contributed by atoms with E-state index in [1.54, 1.807) is 16.4 Å². The molecule has 0 saturated carbocycles. The monoisotopic (exact) mass is 275 g/mol. The number of thioether (sulfide) groups is 1. The van der Waals surface area contributed by atoms with Crippen LogP contribution in [0, 0.1) is 5.92 Å². The summed E-state index contributed by atoms with van der Waals surface area (Å²) < 4.78 is 1.81. The molecule has 96 valence electrons. The first-order valence-electron chi connectivity index (χ1n) is 5.59. The van der Waals surface area contributed by atoms with Gasteiger partial charge in [0.15, 0.2) is 0 Å². The lowest BCUT2D eigenvalue weighted by atomic mass is 10.2. The standard InChI is InChI=1S/C10H18ClN5S/c1-9(2)8-12-5-6-16-10(13-14-15-16)17-7-3-4-11/h3-4,9,12H,5-8H2,1-2H3. The van der Waals surface area contributed by atoms with Crippen LogP contribution in [-0.4, -0.2) is 39.0 Å². The van der Waals surface area contributed by atoms with Crippen molar-refractivity contribution in [1.82, 2.24) is 25.5 Å². The number of hydrogen-bond acceptors (Lipinski definition) is 5. The van der Waals surface area contributed by atoms with Gasteiger partial charge in [-0.2, -0.15) is 0 Å². The molecule has 0 amide bonds. The zero-order valence-electron chi connectivity index (χ0n) is 10.1. The second-order valence-electron chi connectivity index (χ2n) is 3.96. The zero-order chi connectivity index (χ0) is 12.5. The predicted molar refractivity (Wildman–Crippen MR) is 71.2 cm³/mol. The molecule has 1 aromatic heterocycles. The SMILES string of the molecule is CC(C)CNCCn1nnnc1SCC=CCl. The Labute approximate surface area is 111 Å². The third kappa shape index (κ3) is 6.05. The van der Waals surface area contributed by atoms with Gasteiger partial charge in [0.1, 0.15) is 0 Å². The van der Waals surface area contributed by atoms with Gasteiger partial charge in [0.05, 0.1) is 6.54 Å². The van der Waals surface area contributed by atoms with Crippen molar-refractivity contribution in [1.29, 1.82) is 0 Å². The maximum Gasteiger partial charge on any atom is 0.209 e. The summed E-state index contributed by atoms with van der Waals surface area (Å²) >= 11 is 7.02. The van der Waals surface area contributed by atoms with Gasteiger partial charge >= 0.3 is 0 Å². The molecular formula is C10H18ClN5S. The number of aromatic nitrogens is 4. The number of hydrogen-bond donors (Lipinski definition) is 1. The van der Waals surface area contributed by atoms with Crippen LogP contribution in [0.5, 0.6) is 0 Å². The lowest BCUT2D eigenvalue weighted by Gasteiger charge is -2.07. The average Bonchev–Trinajstić information content (AvgIpc) is 2.72. The van der Waals surface area contributed by atoms with Crippen molar-refractivity contribution in [2.75, 3.05) is 18.8 Å². The molecule has 1 heterocycles. The molecule has 1 aromatic rings. The third-order valence-electron chi connectivity index (χ3n) is 1.95. The van der Waals surface area contributed by atoms with Gasteiger partial charge in [-0.15, -0.1) is 5.10 Å². The molecule has 0 unspecified atom stereocenters. The average molecular weight is 276 g/mol. The fraction of sp³-hybridized carbons (Fsp3) is 0.700. The molecule has 0 spiro atoms. The van der Waals surface area contributed by atoms with Crippen LogP contribution in [0.15, 0.2) is 16.8 Å². The van der Waals surface area contributed by atoms with E-state index in [1.165, 1.54) is 5.54 Å². The summed E-state index contributed by atoms with van der Waals surface area (Å²) in [6.45, 7) is 7.04. The van der Waals surface area contributed by atoms with E-state index in [1.807, 2.05) is 6.08 Å². The molecular weight excluding hydrogens is 258 g/mol. The van der Waals surface area contributed by atoms with Gasteiger partial charge in [-0.1, -0.05) is 43.3 Å². The van der Waals surface area contributed by atoms with Crippen molar-refractivity contribution in [3.05, 3.63) is 11.6 Å². The lowest BCUT2D eigenvalue weighted by Crippen LogP contribution is -2.24. The maximum absolute atomic E-state index is 5.45. The van der Waals surface area contributed by atoms with E-state index >= 15 is 0 Å². The molecule has 1 rings (SSSR count). The summed E-state index contributed by atoms with van der Waals surface area (Å²) in [4.78, 5) is 0. The number of nitrogens with one attached hydrogen (secondary N) is 1. The summed E-state index contributed by atoms with van der Waals surface area (Å²) in [7, 11) is 0. The van der Waals surface area contributed by atoms with Crippen LogP contribution in [-0.2, 0) is 6.54 Å². The Bertz CT molecular complexity index is 339. The molecule has 0 saturated heterocycles. The molecule has 0 radical (unpaired) electrons. The van der Waals surface area contributed by atoms with Gasteiger partial charge in [0.2, 0.25) is 5.16 Å². The highest BCUT2D eigenvalue weighted by Gasteiger charge is 2.05. The fourth-order valence-corrected chi connectivity index (χ4v) is 2.08. The van der Waals surface area contributed by atoms with Crippen molar-refractivity contribution >= 4 is 23.4 Å². The minimum Gasteiger partial charge on any atom is -0.315 e. The highest BCUT2D eigenvalue weighted by atomic mass is 35.5. The van der Waals surface area contributed by atoms with E-state index in [9.17, 15) is 0 Å². The smallest absolute Gasteiger partial charge is 0.209 e. The topological polar surface area (TPSA) is 55.6 Å². The molecule has 0 aliphatic rings. The van der Waals surface area contributed by atoms with Gasteiger partial charge in [-0.3, -0.25) is 0 Å². The summed E-state index contributed by atoms with van der Waals surface area (Å²) in [6, 6.07) is 0. The molecule has 0 aliphatic heterocycles. The normalized spacial score (nSPS) is 11.8. The van der Waals surface area contributed by atoms with Gasteiger partial charge < -0.3 is 5.32 Å². The highest BCUT2D eigenvalue weighted by molar-refractivity contribution is 7.99. The molecule has 0 fully saturated rings. The van der Waals surface area contributed by atoms with E-state index in [0.717, 1.165) is 30.5 Å². The largest absolute Gasteiger partial charge is 0.315 e. The number of nitrogens with zero attached hydrogens (tertiary/aromatic N) is 4. The third-order valence-corrected chi connectivity index (χ3v) is 3.04. The molecule has 0 bridgehead atoms. The van der Waals surface area contributed by atoms with Crippen LogP contribution in [0.2, 0.25) is 0 Å². The minimum absolute atomic E-state index is 0.659. The van der Waals surface area contributed by atoms with Crippen molar-refractivity contribution < 1.29 is 0 Å². The van der Waals surface area contributed by atoms with Crippen LogP contribution in [0.1, 0.15) is 13.8 Å². The Morgan fingerprint density at radius 1 is 1.53 bits per heavy atom. The van der Waals surface area contributed by atoms with Gasteiger partial charge in [0, 0.05) is 17.8 Å². The van der Waals surface area contributed by atoms with Crippen LogP contribution in [0.25, 0.3) is 0 Å². The Kier molecular flexibility index (Phi) is 7.23. The summed E-state index contributed by atoms with van der Waals surface area (Å²) in [5, 5.41) is 15.8. The first-order chi connectivity index (χ1) is 8.24. The Balaban J connectivity index is 2.30. The van der Waals surface area contributed by atoms with E-state index in [2.05, 4.69) is 34.7 Å². The van der Waals surface area contributed by atoms with Gasteiger partial charge in [-0.05, 0) is 22.9 Å². The highest BCUT2D eigenvalue weighted by Crippen LogP contribution is 2.13. The Morgan fingerprint density at radius 2 is 2.35 bits per heavy atom. The van der Waals surface area contributed by atoms with E-state index in [4.69, 9.17) is 11.6 Å². The first-order valence-corrected chi connectivity index (χ1v) is 7.01. The molecule has 0 aliphatic carbocycles. The summed E-state index contributed by atoms with van der Waals surface area (Å²) in [5.74, 6) is 1.44. The maximum atomic E-state index is 5.45. The van der Waals surface area contributed by atoms with Crippen LogP contribution >= 0.6 is 23.4 Å². The quantitative estimate of drug-likeness (QED) is 0.579. The van der Waals surface area contributed by atoms with E-state index in [-0.39, 0.29) is 0 Å². The van der Waals surface area contributed by atoms with Gasteiger partial charge in [-0.25, -0.2) is 4.68 Å². The molecule has 1 N–H and O–H groups in total. The van der Waals surface area contributed by atoms with Crippen LogP contribution in [0.3, 0.4) is 0 Å². The summed E-state index contributed by atoms with van der Waals surface area (Å²) in [6.07, 6.45) is 1.86. The van der Waals surface area contributed by atoms with Crippen molar-refractivity contribution in [2.24, 2.45) is 5.92 Å². The number of rotatable bonds is 8. The molecule has 7 heteroatoms. The number of halogens is 1. The van der Waals surface area contributed by atoms with Crippen LogP contribution in [0.4, 0.5) is 0 Å². The van der Waals surface area contributed by atoms with Crippen molar-refractivity contribution in [3.63, 3.8) is 0 Å². The minimum atomic E-state index is 0.659. The Morgan fingerprint density at radius 3 is 3.06 bits per heavy atom. The first kappa shape index (κ1) is 14.5. The van der Waals surface area contributed by atoms with Gasteiger partial charge in [0.25, 0.3) is 0 Å². The second kappa shape index (κ2) is 8.49. The zero-order valence-corrected chi connectivity index (χ0v) is 11.7. The number of tetrazole rings is 1. The second-order valence-corrected chi connectivity index (χ2v) is 5.19. The summed E-state index contributed by atoms with van der Waals surface area (Å²) in [5.41, 5.74) is 1.51. The van der Waals surface area contributed by atoms with Crippen molar-refractivity contribution in [2.45, 2.75) is 25.5 Å². The molecule has 17 heavy (non-hydrogen) atoms. The molecule has 0 aromatic carbocycles. The molecule has 5 nitrogen and oxygen atoms in total. The Hall–Kier alpha value is -0.590. The van der Waals surface area contributed by atoms with E-state index < -0.39 is 0 Å².